The number of hydrogen-bond acceptors (Lipinski definition) is 1. The van der Waals surface area contributed by atoms with Crippen LogP contribution in [0.3, 0.4) is 0 Å². The normalized spacial score (nSPS) is 42.1. The van der Waals surface area contributed by atoms with Gasteiger partial charge in [-0.15, -0.1) is 0 Å². The highest BCUT2D eigenvalue weighted by atomic mass is 14.7. The second-order valence-corrected chi connectivity index (χ2v) is 3.61. The fourth-order valence-electron chi connectivity index (χ4n) is 2.19. The molecule has 2 N–H and O–H groups in total. The lowest BCUT2D eigenvalue weighted by molar-refractivity contribution is 0.286. The molecule has 0 aromatic rings. The molecule has 0 unspecified atom stereocenters. The summed E-state index contributed by atoms with van der Waals surface area (Å²) < 4.78 is 0. The minimum atomic E-state index is 0.318. The maximum absolute atomic E-state index is 5.97. The van der Waals surface area contributed by atoms with Crippen LogP contribution in [0.4, 0.5) is 0 Å². The molecule has 2 rings (SSSR count). The van der Waals surface area contributed by atoms with Gasteiger partial charge in [-0.1, -0.05) is 24.3 Å². The lowest BCUT2D eigenvalue weighted by Gasteiger charge is -2.34. The van der Waals surface area contributed by atoms with E-state index in [0.29, 0.717) is 6.04 Å². The number of hydrogen-bond donors (Lipinski definition) is 1. The van der Waals surface area contributed by atoms with Gasteiger partial charge in [0.05, 0.1) is 0 Å². The van der Waals surface area contributed by atoms with Crippen molar-refractivity contribution in [3.63, 3.8) is 0 Å². The van der Waals surface area contributed by atoms with E-state index in [-0.39, 0.29) is 0 Å². The summed E-state index contributed by atoms with van der Waals surface area (Å²) in [5, 5.41) is 0. The second kappa shape index (κ2) is 2.82. The summed E-state index contributed by atoms with van der Waals surface area (Å²) in [7, 11) is 0. The molecule has 1 nitrogen and oxygen atoms in total. The number of rotatable bonds is 0. The molecular weight excluding hydrogens is 134 g/mol. The van der Waals surface area contributed by atoms with Crippen molar-refractivity contribution in [3.8, 4) is 0 Å². The first kappa shape index (κ1) is 7.11. The van der Waals surface area contributed by atoms with Gasteiger partial charge < -0.3 is 5.73 Å². The monoisotopic (exact) mass is 149 g/mol. The molecule has 0 spiro atoms. The summed E-state index contributed by atoms with van der Waals surface area (Å²) in [6.45, 7) is 0. The third-order valence-corrected chi connectivity index (χ3v) is 2.91. The first-order valence-corrected chi connectivity index (χ1v) is 4.45. The second-order valence-electron chi connectivity index (χ2n) is 3.61. The van der Waals surface area contributed by atoms with Crippen molar-refractivity contribution in [1.29, 1.82) is 0 Å². The highest BCUT2D eigenvalue weighted by Gasteiger charge is 2.27. The summed E-state index contributed by atoms with van der Waals surface area (Å²) in [6.07, 6.45) is 12.7. The van der Waals surface area contributed by atoms with Crippen LogP contribution >= 0.6 is 0 Å². The Balaban J connectivity index is 2.15. The van der Waals surface area contributed by atoms with Gasteiger partial charge in [-0.3, -0.25) is 0 Å². The van der Waals surface area contributed by atoms with Crippen molar-refractivity contribution < 1.29 is 0 Å². The van der Waals surface area contributed by atoms with Crippen LogP contribution in [0, 0.1) is 11.8 Å². The first-order valence-electron chi connectivity index (χ1n) is 4.45. The van der Waals surface area contributed by atoms with Crippen molar-refractivity contribution in [2.24, 2.45) is 17.6 Å². The van der Waals surface area contributed by atoms with E-state index in [1.54, 1.807) is 0 Å². The molecule has 3 atom stereocenters. The lowest BCUT2D eigenvalue weighted by atomic mass is 9.74. The van der Waals surface area contributed by atoms with E-state index in [1.165, 1.54) is 19.3 Å². The van der Waals surface area contributed by atoms with Crippen molar-refractivity contribution in [2.75, 3.05) is 0 Å². The summed E-state index contributed by atoms with van der Waals surface area (Å²) >= 11 is 0. The van der Waals surface area contributed by atoms with Crippen LogP contribution in [0.2, 0.25) is 0 Å². The minimum absolute atomic E-state index is 0.318. The van der Waals surface area contributed by atoms with Crippen molar-refractivity contribution >= 4 is 0 Å². The molecule has 0 aromatic heterocycles. The topological polar surface area (TPSA) is 26.0 Å². The van der Waals surface area contributed by atoms with Crippen LogP contribution in [-0.2, 0) is 0 Å². The van der Waals surface area contributed by atoms with Gasteiger partial charge in [-0.2, -0.15) is 0 Å². The average molecular weight is 149 g/mol. The SMILES string of the molecule is N[C@@H]1C=CC[C@H]2CC=CC[C@H]21. The molecule has 0 bridgehead atoms. The fraction of sp³-hybridized carbons (Fsp3) is 0.600. The largest absolute Gasteiger partial charge is 0.324 e. The van der Waals surface area contributed by atoms with Crippen LogP contribution in [0.1, 0.15) is 19.3 Å². The Morgan fingerprint density at radius 3 is 2.55 bits per heavy atom. The third-order valence-electron chi connectivity index (χ3n) is 2.91. The van der Waals surface area contributed by atoms with Crippen molar-refractivity contribution in [1.82, 2.24) is 0 Å². The predicted molar refractivity (Wildman–Crippen MR) is 47.1 cm³/mol. The molecule has 0 saturated heterocycles. The molecule has 0 fully saturated rings. The lowest BCUT2D eigenvalue weighted by Crippen LogP contribution is -2.36. The van der Waals surface area contributed by atoms with E-state index >= 15 is 0 Å². The van der Waals surface area contributed by atoms with Gasteiger partial charge in [-0.05, 0) is 31.1 Å². The molecule has 11 heavy (non-hydrogen) atoms. The van der Waals surface area contributed by atoms with Gasteiger partial charge in [-0.25, -0.2) is 0 Å². The van der Waals surface area contributed by atoms with Crippen LogP contribution < -0.4 is 5.73 Å². The van der Waals surface area contributed by atoms with Gasteiger partial charge in [0, 0.05) is 6.04 Å². The van der Waals surface area contributed by atoms with E-state index in [4.69, 9.17) is 5.73 Å². The highest BCUT2D eigenvalue weighted by molar-refractivity contribution is 5.09. The molecule has 0 heterocycles. The molecule has 0 aliphatic heterocycles. The van der Waals surface area contributed by atoms with Crippen LogP contribution in [0.25, 0.3) is 0 Å². The molecule has 1 heteroatoms. The minimum Gasteiger partial charge on any atom is -0.324 e. The Hall–Kier alpha value is -0.560. The molecule has 60 valence electrons. The average Bonchev–Trinajstić information content (AvgIpc) is 2.06. The van der Waals surface area contributed by atoms with Gasteiger partial charge in [0.15, 0.2) is 0 Å². The summed E-state index contributed by atoms with van der Waals surface area (Å²) in [5.74, 6) is 1.56. The third kappa shape index (κ3) is 1.25. The zero-order valence-corrected chi connectivity index (χ0v) is 6.74. The van der Waals surface area contributed by atoms with E-state index in [9.17, 15) is 0 Å². The molecule has 2 aliphatic rings. The van der Waals surface area contributed by atoms with E-state index in [2.05, 4.69) is 24.3 Å². The fourth-order valence-corrected chi connectivity index (χ4v) is 2.19. The number of nitrogens with two attached hydrogens (primary N) is 1. The summed E-state index contributed by atoms with van der Waals surface area (Å²) in [4.78, 5) is 0. The quantitative estimate of drug-likeness (QED) is 0.523. The van der Waals surface area contributed by atoms with Gasteiger partial charge in [0.25, 0.3) is 0 Å². The number of fused-ring (bicyclic) bond motifs is 1. The van der Waals surface area contributed by atoms with E-state index in [1.807, 2.05) is 0 Å². The van der Waals surface area contributed by atoms with Crippen molar-refractivity contribution in [2.45, 2.75) is 25.3 Å². The Labute approximate surface area is 68.0 Å². The van der Waals surface area contributed by atoms with Gasteiger partial charge in [0.1, 0.15) is 0 Å². The van der Waals surface area contributed by atoms with E-state index in [0.717, 1.165) is 11.8 Å². The molecule has 0 radical (unpaired) electrons. The zero-order valence-electron chi connectivity index (χ0n) is 6.74. The summed E-state index contributed by atoms with van der Waals surface area (Å²) in [6, 6.07) is 0.318. The van der Waals surface area contributed by atoms with Crippen LogP contribution in [0.15, 0.2) is 24.3 Å². The molecular formula is C10H15N. The smallest absolute Gasteiger partial charge is 0.0258 e. The first-order chi connectivity index (χ1) is 5.38. The zero-order chi connectivity index (χ0) is 7.68. The van der Waals surface area contributed by atoms with Crippen molar-refractivity contribution in [3.05, 3.63) is 24.3 Å². The predicted octanol–water partition coefficient (Wildman–Crippen LogP) is 1.86. The van der Waals surface area contributed by atoms with Crippen LogP contribution in [-0.4, -0.2) is 6.04 Å². The Morgan fingerprint density at radius 2 is 1.73 bits per heavy atom. The number of allylic oxidation sites excluding steroid dienone is 3. The highest BCUT2D eigenvalue weighted by Crippen LogP contribution is 2.33. The van der Waals surface area contributed by atoms with E-state index < -0.39 is 0 Å². The Bertz CT molecular complexity index is 193. The standard InChI is InChI=1S/C10H15N/c11-10-7-3-5-8-4-1-2-6-9(8)10/h1-3,7-10H,4-6,11H2/t8-,9-,10-/m1/s1. The molecule has 0 aromatic carbocycles. The maximum Gasteiger partial charge on any atom is 0.0258 e. The van der Waals surface area contributed by atoms with Crippen LogP contribution in [0.5, 0.6) is 0 Å². The summed E-state index contributed by atoms with van der Waals surface area (Å²) in [5.41, 5.74) is 5.97. The Morgan fingerprint density at radius 1 is 1.00 bits per heavy atom. The molecule has 2 aliphatic carbocycles. The molecule has 0 saturated carbocycles. The molecule has 0 amide bonds. The van der Waals surface area contributed by atoms with Gasteiger partial charge in [0.2, 0.25) is 0 Å². The van der Waals surface area contributed by atoms with Gasteiger partial charge >= 0.3 is 0 Å². The Kier molecular flexibility index (Phi) is 1.82. The maximum atomic E-state index is 5.97.